The Labute approximate surface area is 255 Å². The molecule has 1 N–H and O–H groups in total. The monoisotopic (exact) mass is 603 g/mol. The molecule has 3 aliphatic rings. The predicted molar refractivity (Wildman–Crippen MR) is 171 cm³/mol. The van der Waals surface area contributed by atoms with Gasteiger partial charge >= 0.3 is 6.09 Å². The second-order valence-corrected chi connectivity index (χ2v) is 20.0. The van der Waals surface area contributed by atoms with Crippen LogP contribution in [0.3, 0.4) is 0 Å². The molecular weight excluding hydrogens is 558 g/mol. The fourth-order valence-corrected chi connectivity index (χ4v) is 7.13. The van der Waals surface area contributed by atoms with Crippen molar-refractivity contribution in [3.05, 3.63) is 48.3 Å². The number of carbonyl (C=O) groups is 1. The molecule has 1 amide bonds. The van der Waals surface area contributed by atoms with E-state index in [9.17, 15) is 4.79 Å². The van der Waals surface area contributed by atoms with E-state index in [0.29, 0.717) is 19.2 Å². The van der Waals surface area contributed by atoms with Crippen molar-refractivity contribution in [2.75, 3.05) is 11.9 Å². The van der Waals surface area contributed by atoms with Gasteiger partial charge in [0.25, 0.3) is 0 Å². The second kappa shape index (κ2) is 11.6. The summed E-state index contributed by atoms with van der Waals surface area (Å²) in [4.78, 5) is 19.7. The molecule has 230 valence electrons. The molecule has 3 aromatic rings. The molecule has 1 aromatic carbocycles. The van der Waals surface area contributed by atoms with Crippen LogP contribution in [0.2, 0.25) is 25.7 Å². The van der Waals surface area contributed by atoms with E-state index >= 15 is 0 Å². The summed E-state index contributed by atoms with van der Waals surface area (Å²) >= 11 is 0. The van der Waals surface area contributed by atoms with Crippen molar-refractivity contribution in [3.8, 4) is 28.1 Å². The molecule has 2 saturated heterocycles. The number of rotatable bonds is 8. The van der Waals surface area contributed by atoms with Crippen molar-refractivity contribution >= 4 is 20.0 Å². The largest absolute Gasteiger partial charge is 0.472 e. The van der Waals surface area contributed by atoms with Crippen molar-refractivity contribution < 1.29 is 19.0 Å². The summed E-state index contributed by atoms with van der Waals surface area (Å²) in [5, 5.41) is 8.14. The lowest BCUT2D eigenvalue weighted by molar-refractivity contribution is 0.00682. The van der Waals surface area contributed by atoms with Gasteiger partial charge in [-0.05, 0) is 87.4 Å². The van der Waals surface area contributed by atoms with Crippen LogP contribution in [0.15, 0.2) is 42.7 Å². The van der Waals surface area contributed by atoms with Gasteiger partial charge in [0.15, 0.2) is 0 Å². The number of nitrogens with zero attached hydrogens (tertiary/aromatic N) is 4. The minimum atomic E-state index is -1.10. The average Bonchev–Trinajstić information content (AvgIpc) is 3.51. The predicted octanol–water partition coefficient (Wildman–Crippen LogP) is 7.16. The Balaban J connectivity index is 1.08. The number of anilines is 1. The molecule has 0 aliphatic carbocycles. The molecule has 2 bridgehead atoms. The number of aromatic nitrogens is 3. The van der Waals surface area contributed by atoms with Crippen LogP contribution in [0.1, 0.15) is 52.0 Å². The van der Waals surface area contributed by atoms with Crippen molar-refractivity contribution in [2.45, 2.75) is 109 Å². The summed E-state index contributed by atoms with van der Waals surface area (Å²) in [7, 11) is -1.10. The zero-order valence-electron chi connectivity index (χ0n) is 26.4. The maximum atomic E-state index is 12.8. The highest BCUT2D eigenvalue weighted by molar-refractivity contribution is 6.76. The SMILES string of the molecule is CC(C)(C)OC(=O)N1[C@@H]2CC[C@H]1C[C@H](Nc1ccc3c(n1)OCc1cc(-c4cnn(COCC[Si](C)(C)C)c4)ccc1-3)C2. The maximum absolute atomic E-state index is 12.8. The van der Waals surface area contributed by atoms with Crippen LogP contribution in [-0.2, 0) is 22.8 Å². The van der Waals surface area contributed by atoms with Crippen LogP contribution in [0.5, 0.6) is 5.88 Å². The number of fused-ring (bicyclic) bond motifs is 5. The zero-order valence-corrected chi connectivity index (χ0v) is 27.4. The summed E-state index contributed by atoms with van der Waals surface area (Å²) in [5.41, 5.74) is 4.98. The van der Waals surface area contributed by atoms with E-state index < -0.39 is 13.7 Å². The van der Waals surface area contributed by atoms with Crippen molar-refractivity contribution in [2.24, 2.45) is 0 Å². The number of ether oxygens (including phenoxy) is 3. The topological polar surface area (TPSA) is 90.7 Å². The third-order valence-electron chi connectivity index (χ3n) is 8.50. The zero-order chi connectivity index (χ0) is 30.4. The molecular formula is C33H45N5O4Si. The molecule has 2 aromatic heterocycles. The average molecular weight is 604 g/mol. The Morgan fingerprint density at radius 3 is 2.53 bits per heavy atom. The van der Waals surface area contributed by atoms with Gasteiger partial charge in [-0.1, -0.05) is 31.8 Å². The van der Waals surface area contributed by atoms with E-state index in [1.807, 2.05) is 48.8 Å². The third kappa shape index (κ3) is 6.91. The smallest absolute Gasteiger partial charge is 0.410 e. The number of piperidine rings is 1. The van der Waals surface area contributed by atoms with E-state index in [1.54, 1.807) is 0 Å². The quantitative estimate of drug-likeness (QED) is 0.216. The third-order valence-corrected chi connectivity index (χ3v) is 10.2. The molecule has 6 rings (SSSR count). The maximum Gasteiger partial charge on any atom is 0.410 e. The number of pyridine rings is 1. The molecule has 0 unspecified atom stereocenters. The number of nitrogens with one attached hydrogen (secondary N) is 1. The fourth-order valence-electron chi connectivity index (χ4n) is 6.37. The highest BCUT2D eigenvalue weighted by atomic mass is 28.3. The molecule has 3 atom stereocenters. The van der Waals surface area contributed by atoms with Crippen LogP contribution in [0.25, 0.3) is 22.3 Å². The molecule has 43 heavy (non-hydrogen) atoms. The molecule has 2 fully saturated rings. The van der Waals surface area contributed by atoms with Gasteiger partial charge in [0.05, 0.1) is 6.20 Å². The standard InChI is InChI=1S/C33H45N5O4Si/c1-33(2,3)42-32(39)38-26-8-9-27(38)17-25(16-26)35-30-12-11-29-28-10-7-22(15-23(28)20-41-31(29)36-30)24-18-34-37(19-24)21-40-13-14-43(4,5)6/h7,10-12,15,18-19,25-27H,8-9,13-14,16-17,20-21H2,1-6H3,(H,35,36)/t25-,26-,27+. The van der Waals surface area contributed by atoms with Gasteiger partial charge in [0.2, 0.25) is 5.88 Å². The minimum Gasteiger partial charge on any atom is -0.472 e. The Hall–Kier alpha value is -3.37. The fraction of sp³-hybridized carbons (Fsp3) is 0.545. The first-order valence-corrected chi connectivity index (χ1v) is 19.3. The molecule has 3 aliphatic heterocycles. The minimum absolute atomic E-state index is 0.184. The molecule has 10 heteroatoms. The number of carbonyl (C=O) groups excluding carboxylic acids is 1. The number of benzene rings is 1. The summed E-state index contributed by atoms with van der Waals surface area (Å²) < 4.78 is 19.6. The Morgan fingerprint density at radius 1 is 1.07 bits per heavy atom. The Morgan fingerprint density at radius 2 is 1.81 bits per heavy atom. The Bertz CT molecular complexity index is 1460. The molecule has 0 radical (unpaired) electrons. The number of hydrogen-bond donors (Lipinski definition) is 1. The van der Waals surface area contributed by atoms with E-state index in [-0.39, 0.29) is 24.2 Å². The van der Waals surface area contributed by atoms with Gasteiger partial charge in [-0.2, -0.15) is 10.1 Å². The first-order valence-electron chi connectivity index (χ1n) is 15.6. The highest BCUT2D eigenvalue weighted by Gasteiger charge is 2.45. The first-order chi connectivity index (χ1) is 20.4. The normalized spacial score (nSPS) is 21.2. The van der Waals surface area contributed by atoms with Crippen LogP contribution >= 0.6 is 0 Å². The van der Waals surface area contributed by atoms with Crippen molar-refractivity contribution in [3.63, 3.8) is 0 Å². The van der Waals surface area contributed by atoms with Gasteiger partial charge < -0.3 is 24.4 Å². The van der Waals surface area contributed by atoms with E-state index in [2.05, 4.69) is 54.3 Å². The lowest BCUT2D eigenvalue weighted by Gasteiger charge is -2.39. The Kier molecular flexibility index (Phi) is 8.02. The summed E-state index contributed by atoms with van der Waals surface area (Å²) in [6.07, 6.45) is 7.58. The van der Waals surface area contributed by atoms with Crippen molar-refractivity contribution in [1.29, 1.82) is 0 Å². The highest BCUT2D eigenvalue weighted by Crippen LogP contribution is 2.40. The molecule has 5 heterocycles. The van der Waals surface area contributed by atoms with Gasteiger partial charge in [0.1, 0.15) is 24.8 Å². The van der Waals surface area contributed by atoms with E-state index in [4.69, 9.17) is 19.2 Å². The second-order valence-electron chi connectivity index (χ2n) is 14.4. The molecule has 0 saturated carbocycles. The molecule has 9 nitrogen and oxygen atoms in total. The van der Waals surface area contributed by atoms with Crippen molar-refractivity contribution in [1.82, 2.24) is 19.7 Å². The summed E-state index contributed by atoms with van der Waals surface area (Å²) in [6, 6.07) is 12.4. The van der Waals surface area contributed by atoms with E-state index in [1.165, 1.54) is 0 Å². The van der Waals surface area contributed by atoms with Gasteiger partial charge in [-0.3, -0.25) is 0 Å². The van der Waals surface area contributed by atoms with Gasteiger partial charge in [-0.25, -0.2) is 9.48 Å². The number of amides is 1. The van der Waals surface area contributed by atoms with Gasteiger partial charge in [0, 0.05) is 50.1 Å². The van der Waals surface area contributed by atoms with Crippen LogP contribution in [-0.4, -0.2) is 64.2 Å². The van der Waals surface area contributed by atoms with Crippen LogP contribution < -0.4 is 10.1 Å². The first kappa shape index (κ1) is 29.7. The number of hydrogen-bond acceptors (Lipinski definition) is 7. The lowest BCUT2D eigenvalue weighted by Crippen LogP contribution is -2.51. The van der Waals surface area contributed by atoms with Crippen LogP contribution in [0.4, 0.5) is 10.6 Å². The van der Waals surface area contributed by atoms with E-state index in [0.717, 1.165) is 72.0 Å². The van der Waals surface area contributed by atoms with Gasteiger partial charge in [-0.15, -0.1) is 0 Å². The molecule has 0 spiro atoms. The summed E-state index contributed by atoms with van der Waals surface area (Å²) in [6.45, 7) is 14.6. The summed E-state index contributed by atoms with van der Waals surface area (Å²) in [5.74, 6) is 1.47. The lowest BCUT2D eigenvalue weighted by atomic mass is 9.95. The van der Waals surface area contributed by atoms with Crippen LogP contribution in [0, 0.1) is 0 Å².